The van der Waals surface area contributed by atoms with Crippen LogP contribution < -0.4 is 0 Å². The third kappa shape index (κ3) is 2.48. The summed E-state index contributed by atoms with van der Waals surface area (Å²) < 4.78 is 1.44. The molecule has 8 heteroatoms. The van der Waals surface area contributed by atoms with Gasteiger partial charge in [0.25, 0.3) is 0 Å². The number of imidazole rings is 1. The number of rotatable bonds is 4. The molecule has 0 radical (unpaired) electrons. The van der Waals surface area contributed by atoms with Crippen LogP contribution in [0.2, 0.25) is 0 Å². The highest BCUT2D eigenvalue weighted by molar-refractivity contribution is 7.80. The number of nitrogens with zero attached hydrogens (tertiary/aromatic N) is 5. The van der Waals surface area contributed by atoms with Gasteiger partial charge in [0.05, 0.1) is 18.0 Å². The number of aromatic nitrogens is 4. The maximum absolute atomic E-state index is 10.7. The average molecular weight is 265 g/mol. The molecule has 0 aromatic carbocycles. The van der Waals surface area contributed by atoms with Crippen LogP contribution in [0.4, 0.5) is 5.82 Å². The molecule has 1 atom stereocenters. The first-order valence-electron chi connectivity index (χ1n) is 5.18. The summed E-state index contributed by atoms with van der Waals surface area (Å²) in [6, 6.07) is 0. The smallest absolute Gasteiger partial charge is 0.342 e. The molecular formula is C10H11N5O2S. The van der Waals surface area contributed by atoms with Gasteiger partial charge in [-0.25, -0.2) is 9.55 Å². The molecule has 0 bridgehead atoms. The lowest BCUT2D eigenvalue weighted by Gasteiger charge is -2.07. The average Bonchev–Trinajstić information content (AvgIpc) is 2.72. The Kier molecular flexibility index (Phi) is 3.56. The van der Waals surface area contributed by atoms with Gasteiger partial charge in [-0.3, -0.25) is 9.97 Å². The fourth-order valence-electron chi connectivity index (χ4n) is 1.56. The Balaban J connectivity index is 2.17. The van der Waals surface area contributed by atoms with Gasteiger partial charge < -0.3 is 10.1 Å². The zero-order valence-electron chi connectivity index (χ0n) is 9.59. The van der Waals surface area contributed by atoms with Gasteiger partial charge in [-0.15, -0.1) is 0 Å². The lowest BCUT2D eigenvalue weighted by Crippen LogP contribution is -2.06. The first kappa shape index (κ1) is 12.5. The Labute approximate surface area is 108 Å². The molecule has 1 unspecified atom stereocenters. The molecule has 2 aromatic rings. The molecule has 0 aliphatic rings. The van der Waals surface area contributed by atoms with Crippen LogP contribution >= 0.6 is 12.6 Å². The van der Waals surface area contributed by atoms with Crippen LogP contribution in [0.25, 0.3) is 0 Å². The minimum Gasteiger partial charge on any atom is -0.358 e. The summed E-state index contributed by atoms with van der Waals surface area (Å²) in [4.78, 5) is 22.3. The zero-order valence-corrected chi connectivity index (χ0v) is 10.5. The maximum atomic E-state index is 10.7. The fraction of sp³-hybridized carbons (Fsp3) is 0.300. The van der Waals surface area contributed by atoms with E-state index in [2.05, 4.69) is 27.6 Å². The van der Waals surface area contributed by atoms with E-state index >= 15 is 0 Å². The van der Waals surface area contributed by atoms with Crippen molar-refractivity contribution in [1.82, 2.24) is 19.5 Å². The van der Waals surface area contributed by atoms with Crippen LogP contribution in [0.3, 0.4) is 0 Å². The van der Waals surface area contributed by atoms with E-state index in [1.807, 2.05) is 0 Å². The van der Waals surface area contributed by atoms with Gasteiger partial charge in [-0.2, -0.15) is 12.6 Å². The molecular weight excluding hydrogens is 254 g/mol. The topological polar surface area (TPSA) is 86.7 Å². The molecule has 94 valence electrons. The van der Waals surface area contributed by atoms with E-state index in [0.717, 1.165) is 0 Å². The summed E-state index contributed by atoms with van der Waals surface area (Å²) >= 11 is 4.41. The van der Waals surface area contributed by atoms with Crippen molar-refractivity contribution < 1.29 is 4.92 Å². The van der Waals surface area contributed by atoms with Gasteiger partial charge in [-0.05, 0) is 4.92 Å². The third-order valence-electron chi connectivity index (χ3n) is 2.55. The maximum Gasteiger partial charge on any atom is 0.342 e. The van der Waals surface area contributed by atoms with E-state index in [0.29, 0.717) is 17.9 Å². The SMILES string of the molecule is Cn1c([N+](=O)[O-])cnc1CC(S)c1cnccn1. The van der Waals surface area contributed by atoms with E-state index < -0.39 is 4.92 Å². The highest BCUT2D eigenvalue weighted by atomic mass is 32.1. The van der Waals surface area contributed by atoms with Crippen molar-refractivity contribution in [3.8, 4) is 0 Å². The van der Waals surface area contributed by atoms with Gasteiger partial charge in [0, 0.05) is 25.0 Å². The van der Waals surface area contributed by atoms with Gasteiger partial charge in [0.1, 0.15) is 6.20 Å². The van der Waals surface area contributed by atoms with E-state index in [4.69, 9.17) is 0 Å². The largest absolute Gasteiger partial charge is 0.358 e. The summed E-state index contributed by atoms with van der Waals surface area (Å²) in [5.74, 6) is 0.553. The molecule has 0 aliphatic carbocycles. The predicted octanol–water partition coefficient (Wildman–Crippen LogP) is 1.33. The molecule has 2 aromatic heterocycles. The molecule has 2 rings (SSSR count). The molecule has 0 N–H and O–H groups in total. The van der Waals surface area contributed by atoms with Crippen LogP contribution in [0.1, 0.15) is 16.8 Å². The second kappa shape index (κ2) is 5.13. The Hall–Kier alpha value is -1.96. The van der Waals surface area contributed by atoms with Crippen LogP contribution in [0.5, 0.6) is 0 Å². The molecule has 0 fully saturated rings. The lowest BCUT2D eigenvalue weighted by atomic mass is 10.2. The predicted molar refractivity (Wildman–Crippen MR) is 67.3 cm³/mol. The van der Waals surface area contributed by atoms with Crippen LogP contribution in [-0.4, -0.2) is 24.4 Å². The number of thiol groups is 1. The Morgan fingerprint density at radius 3 is 2.78 bits per heavy atom. The van der Waals surface area contributed by atoms with Crippen molar-refractivity contribution in [2.75, 3.05) is 0 Å². The highest BCUT2D eigenvalue weighted by Crippen LogP contribution is 2.23. The Morgan fingerprint density at radius 1 is 1.44 bits per heavy atom. The van der Waals surface area contributed by atoms with Gasteiger partial charge in [0.2, 0.25) is 0 Å². The monoisotopic (exact) mass is 265 g/mol. The molecule has 7 nitrogen and oxygen atoms in total. The van der Waals surface area contributed by atoms with E-state index in [9.17, 15) is 10.1 Å². The number of nitro groups is 1. The van der Waals surface area contributed by atoms with Crippen LogP contribution in [-0.2, 0) is 13.5 Å². The second-order valence-corrected chi connectivity index (χ2v) is 4.32. The Morgan fingerprint density at radius 2 is 2.22 bits per heavy atom. The van der Waals surface area contributed by atoms with Gasteiger partial charge in [-0.1, -0.05) is 0 Å². The zero-order chi connectivity index (χ0) is 13.1. The third-order valence-corrected chi connectivity index (χ3v) is 2.99. The lowest BCUT2D eigenvalue weighted by molar-refractivity contribution is -0.391. The summed E-state index contributed by atoms with van der Waals surface area (Å²) in [6.07, 6.45) is 6.47. The number of hydrogen-bond donors (Lipinski definition) is 1. The number of hydrogen-bond acceptors (Lipinski definition) is 6. The molecule has 0 aliphatic heterocycles. The summed E-state index contributed by atoms with van der Waals surface area (Å²) in [5.41, 5.74) is 0.714. The van der Waals surface area contributed by atoms with E-state index in [-0.39, 0.29) is 11.1 Å². The summed E-state index contributed by atoms with van der Waals surface area (Å²) in [6.45, 7) is 0. The first-order chi connectivity index (χ1) is 8.59. The van der Waals surface area contributed by atoms with Crippen LogP contribution in [0.15, 0.2) is 24.8 Å². The van der Waals surface area contributed by atoms with E-state index in [1.54, 1.807) is 25.6 Å². The second-order valence-electron chi connectivity index (χ2n) is 3.70. The Bertz CT molecular complexity index is 557. The summed E-state index contributed by atoms with van der Waals surface area (Å²) in [5, 5.41) is 10.5. The van der Waals surface area contributed by atoms with Crippen molar-refractivity contribution >= 4 is 18.4 Å². The fourth-order valence-corrected chi connectivity index (χ4v) is 1.85. The van der Waals surface area contributed by atoms with Crippen molar-refractivity contribution in [3.05, 3.63) is 46.4 Å². The minimum atomic E-state index is -0.466. The normalized spacial score (nSPS) is 12.3. The molecule has 0 saturated carbocycles. The van der Waals surface area contributed by atoms with Crippen molar-refractivity contribution in [2.45, 2.75) is 11.7 Å². The van der Waals surface area contributed by atoms with Crippen molar-refractivity contribution in [1.29, 1.82) is 0 Å². The first-order valence-corrected chi connectivity index (χ1v) is 5.70. The standard InChI is InChI=1S/C10H11N5O2S/c1-14-9(13-6-10(14)15(16)17)4-8(18)7-5-11-2-3-12-7/h2-3,5-6,8,18H,4H2,1H3. The summed E-state index contributed by atoms with van der Waals surface area (Å²) in [7, 11) is 1.61. The molecule has 0 saturated heterocycles. The highest BCUT2D eigenvalue weighted by Gasteiger charge is 2.20. The molecule has 0 spiro atoms. The molecule has 18 heavy (non-hydrogen) atoms. The van der Waals surface area contributed by atoms with Crippen molar-refractivity contribution in [3.63, 3.8) is 0 Å². The minimum absolute atomic E-state index is 0.0373. The van der Waals surface area contributed by atoms with Gasteiger partial charge >= 0.3 is 5.82 Å². The molecule has 0 amide bonds. The molecule has 2 heterocycles. The van der Waals surface area contributed by atoms with Gasteiger partial charge in [0.15, 0.2) is 5.82 Å². The van der Waals surface area contributed by atoms with Crippen LogP contribution in [0, 0.1) is 10.1 Å². The van der Waals surface area contributed by atoms with E-state index in [1.165, 1.54) is 10.8 Å². The quantitative estimate of drug-likeness (QED) is 0.512. The van der Waals surface area contributed by atoms with Crippen molar-refractivity contribution in [2.24, 2.45) is 7.05 Å².